The van der Waals surface area contributed by atoms with Gasteiger partial charge in [-0.2, -0.15) is 0 Å². The number of hydrogen-bond donors (Lipinski definition) is 2. The van der Waals surface area contributed by atoms with Crippen molar-refractivity contribution >= 4 is 17.2 Å². The highest BCUT2D eigenvalue weighted by Crippen LogP contribution is 2.37. The molecule has 23 heavy (non-hydrogen) atoms. The molecule has 0 amide bonds. The van der Waals surface area contributed by atoms with Gasteiger partial charge in [0, 0.05) is 44.3 Å². The summed E-state index contributed by atoms with van der Waals surface area (Å²) >= 11 is 0. The zero-order valence-corrected chi connectivity index (χ0v) is 12.9. The van der Waals surface area contributed by atoms with Crippen molar-refractivity contribution < 1.29 is 15.0 Å². The lowest BCUT2D eigenvalue weighted by Crippen LogP contribution is -2.46. The van der Waals surface area contributed by atoms with Crippen LogP contribution in [0.25, 0.3) is 0 Å². The van der Waals surface area contributed by atoms with Crippen molar-refractivity contribution in [3.05, 3.63) is 42.2 Å². The average Bonchev–Trinajstić information content (AvgIpc) is 2.56. The van der Waals surface area contributed by atoms with Crippen LogP contribution in [0.4, 0.5) is 11.4 Å². The number of rotatable bonds is 3. The molecule has 1 aromatic carbocycles. The normalized spacial score (nSPS) is 14.8. The van der Waals surface area contributed by atoms with Gasteiger partial charge in [0.2, 0.25) is 0 Å². The van der Waals surface area contributed by atoms with Crippen LogP contribution >= 0.6 is 0 Å². The number of pyridine rings is 1. The van der Waals surface area contributed by atoms with Crippen molar-refractivity contribution in [3.8, 4) is 11.5 Å². The summed E-state index contributed by atoms with van der Waals surface area (Å²) in [5, 5.41) is 20.1. The van der Waals surface area contributed by atoms with Gasteiger partial charge in [-0.1, -0.05) is 0 Å². The Balaban J connectivity index is 1.78. The van der Waals surface area contributed by atoms with Crippen molar-refractivity contribution in [2.75, 3.05) is 36.0 Å². The fourth-order valence-corrected chi connectivity index (χ4v) is 2.93. The van der Waals surface area contributed by atoms with Gasteiger partial charge in [0.25, 0.3) is 0 Å². The number of anilines is 2. The molecule has 1 aliphatic rings. The standard InChI is InChI=1S/C17H19N3O3/c1-12(21)16-15(22)3-2-14(17(16)23)20-10-8-19(9-11-20)13-4-6-18-7-5-13/h2-7,22-23H,8-11H2,1H3. The van der Waals surface area contributed by atoms with Crippen molar-refractivity contribution in [3.63, 3.8) is 0 Å². The van der Waals surface area contributed by atoms with Crippen molar-refractivity contribution in [2.24, 2.45) is 0 Å². The van der Waals surface area contributed by atoms with E-state index in [0.29, 0.717) is 5.69 Å². The van der Waals surface area contributed by atoms with Gasteiger partial charge < -0.3 is 20.0 Å². The predicted octanol–water partition coefficient (Wildman–Crippen LogP) is 2.02. The van der Waals surface area contributed by atoms with E-state index in [1.165, 1.54) is 13.0 Å². The lowest BCUT2D eigenvalue weighted by molar-refractivity contribution is 0.101. The summed E-state index contributed by atoms with van der Waals surface area (Å²) in [6.07, 6.45) is 3.54. The maximum Gasteiger partial charge on any atom is 0.167 e. The molecular weight excluding hydrogens is 294 g/mol. The van der Waals surface area contributed by atoms with Gasteiger partial charge >= 0.3 is 0 Å². The summed E-state index contributed by atoms with van der Waals surface area (Å²) in [4.78, 5) is 19.9. The molecule has 1 saturated heterocycles. The minimum Gasteiger partial charge on any atom is -0.507 e. The Morgan fingerprint density at radius 2 is 1.61 bits per heavy atom. The Hall–Kier alpha value is -2.76. The number of phenolic OH excluding ortho intramolecular Hbond substituents is 2. The second-order valence-corrected chi connectivity index (χ2v) is 5.56. The van der Waals surface area contributed by atoms with Crippen LogP contribution in [-0.4, -0.2) is 47.2 Å². The lowest BCUT2D eigenvalue weighted by atomic mass is 10.1. The van der Waals surface area contributed by atoms with E-state index in [1.807, 2.05) is 17.0 Å². The fourth-order valence-electron chi connectivity index (χ4n) is 2.93. The Morgan fingerprint density at radius 1 is 1.00 bits per heavy atom. The van der Waals surface area contributed by atoms with Crippen LogP contribution in [0.5, 0.6) is 11.5 Å². The second-order valence-electron chi connectivity index (χ2n) is 5.56. The van der Waals surface area contributed by atoms with Gasteiger partial charge in [0.1, 0.15) is 11.3 Å². The van der Waals surface area contributed by atoms with Crippen molar-refractivity contribution in [1.29, 1.82) is 0 Å². The highest BCUT2D eigenvalue weighted by molar-refractivity contribution is 6.01. The number of carbonyl (C=O) groups is 1. The van der Waals surface area contributed by atoms with E-state index < -0.39 is 0 Å². The topological polar surface area (TPSA) is 76.9 Å². The van der Waals surface area contributed by atoms with Gasteiger partial charge in [-0.05, 0) is 31.2 Å². The fraction of sp³-hybridized carbons (Fsp3) is 0.294. The van der Waals surface area contributed by atoms with E-state index in [-0.39, 0.29) is 22.8 Å². The predicted molar refractivity (Wildman–Crippen MR) is 88.4 cm³/mol. The van der Waals surface area contributed by atoms with Crippen LogP contribution in [0.2, 0.25) is 0 Å². The van der Waals surface area contributed by atoms with E-state index in [4.69, 9.17) is 0 Å². The minimum atomic E-state index is -0.350. The second kappa shape index (κ2) is 6.16. The lowest BCUT2D eigenvalue weighted by Gasteiger charge is -2.37. The summed E-state index contributed by atoms with van der Waals surface area (Å²) in [5.41, 5.74) is 1.69. The minimum absolute atomic E-state index is 0.0148. The first-order valence-corrected chi connectivity index (χ1v) is 7.53. The molecule has 1 fully saturated rings. The molecule has 1 aromatic heterocycles. The van der Waals surface area contributed by atoms with E-state index >= 15 is 0 Å². The van der Waals surface area contributed by atoms with Crippen molar-refractivity contribution in [1.82, 2.24) is 4.98 Å². The smallest absolute Gasteiger partial charge is 0.167 e. The van der Waals surface area contributed by atoms with Crippen LogP contribution < -0.4 is 9.80 Å². The molecule has 0 unspecified atom stereocenters. The van der Waals surface area contributed by atoms with Crippen LogP contribution in [0.1, 0.15) is 17.3 Å². The molecule has 2 aromatic rings. The Morgan fingerprint density at radius 3 is 2.22 bits per heavy atom. The molecule has 0 radical (unpaired) electrons. The van der Waals surface area contributed by atoms with Crippen LogP contribution in [-0.2, 0) is 0 Å². The van der Waals surface area contributed by atoms with E-state index in [0.717, 1.165) is 31.9 Å². The Bertz CT molecular complexity index is 711. The zero-order valence-electron chi connectivity index (χ0n) is 12.9. The number of hydrogen-bond acceptors (Lipinski definition) is 6. The van der Waals surface area contributed by atoms with E-state index in [9.17, 15) is 15.0 Å². The molecule has 2 N–H and O–H groups in total. The molecule has 3 rings (SSSR count). The molecule has 0 bridgehead atoms. The Kier molecular flexibility index (Phi) is 4.06. The number of piperazine rings is 1. The summed E-state index contributed by atoms with van der Waals surface area (Å²) in [7, 11) is 0. The van der Waals surface area contributed by atoms with Crippen LogP contribution in [0.15, 0.2) is 36.7 Å². The van der Waals surface area contributed by atoms with Gasteiger partial charge in [-0.15, -0.1) is 0 Å². The molecular formula is C17H19N3O3. The SMILES string of the molecule is CC(=O)c1c(O)ccc(N2CCN(c3ccncc3)CC2)c1O. The Labute approximate surface area is 134 Å². The third-order valence-electron chi connectivity index (χ3n) is 4.13. The molecule has 6 nitrogen and oxygen atoms in total. The summed E-state index contributed by atoms with van der Waals surface area (Å²) in [6, 6.07) is 7.06. The van der Waals surface area contributed by atoms with Gasteiger partial charge in [-0.25, -0.2) is 0 Å². The summed E-state index contributed by atoms with van der Waals surface area (Å²) in [6.45, 7) is 4.38. The molecule has 0 aliphatic carbocycles. The molecule has 6 heteroatoms. The third kappa shape index (κ3) is 2.92. The first-order chi connectivity index (χ1) is 11.1. The van der Waals surface area contributed by atoms with E-state index in [2.05, 4.69) is 9.88 Å². The monoisotopic (exact) mass is 313 g/mol. The zero-order chi connectivity index (χ0) is 16.4. The number of ketones is 1. The maximum atomic E-state index is 11.6. The molecule has 0 saturated carbocycles. The maximum absolute atomic E-state index is 11.6. The van der Waals surface area contributed by atoms with Gasteiger partial charge in [-0.3, -0.25) is 9.78 Å². The molecule has 2 heterocycles. The number of nitrogens with zero attached hydrogens (tertiary/aromatic N) is 3. The number of benzene rings is 1. The number of Topliss-reactive ketones (excluding diaryl/α,β-unsaturated/α-hetero) is 1. The number of aromatic nitrogens is 1. The largest absolute Gasteiger partial charge is 0.507 e. The van der Waals surface area contributed by atoms with Gasteiger partial charge in [0.05, 0.1) is 5.69 Å². The molecule has 1 aliphatic heterocycles. The number of carbonyl (C=O) groups excluding carboxylic acids is 1. The quantitative estimate of drug-likeness (QED) is 0.844. The summed E-state index contributed by atoms with van der Waals surface area (Å²) in [5.74, 6) is -0.679. The third-order valence-corrected chi connectivity index (χ3v) is 4.13. The highest BCUT2D eigenvalue weighted by atomic mass is 16.3. The molecule has 0 atom stereocenters. The first kappa shape index (κ1) is 15.1. The number of aromatic hydroxyl groups is 2. The molecule has 120 valence electrons. The average molecular weight is 313 g/mol. The first-order valence-electron chi connectivity index (χ1n) is 7.53. The van der Waals surface area contributed by atoms with Crippen LogP contribution in [0, 0.1) is 0 Å². The summed E-state index contributed by atoms with van der Waals surface area (Å²) < 4.78 is 0. The number of phenols is 2. The van der Waals surface area contributed by atoms with E-state index in [1.54, 1.807) is 18.5 Å². The van der Waals surface area contributed by atoms with Crippen molar-refractivity contribution in [2.45, 2.75) is 6.92 Å². The van der Waals surface area contributed by atoms with Crippen LogP contribution in [0.3, 0.4) is 0 Å². The van der Waals surface area contributed by atoms with Gasteiger partial charge in [0.15, 0.2) is 11.5 Å². The molecule has 0 spiro atoms. The highest BCUT2D eigenvalue weighted by Gasteiger charge is 2.23.